The second kappa shape index (κ2) is 8.41. The Morgan fingerprint density at radius 2 is 1.78 bits per heavy atom. The minimum absolute atomic E-state index is 0.0792. The van der Waals surface area contributed by atoms with E-state index in [-0.39, 0.29) is 10.8 Å². The van der Waals surface area contributed by atoms with Gasteiger partial charge in [-0.2, -0.15) is 0 Å². The highest BCUT2D eigenvalue weighted by Crippen LogP contribution is 2.36. The lowest BCUT2D eigenvalue weighted by atomic mass is 10.1. The van der Waals surface area contributed by atoms with Crippen molar-refractivity contribution in [2.75, 3.05) is 27.2 Å². The van der Waals surface area contributed by atoms with Gasteiger partial charge in [-0.1, -0.05) is 42.1 Å². The summed E-state index contributed by atoms with van der Waals surface area (Å²) in [5.41, 5.74) is 0.922. The van der Waals surface area contributed by atoms with Gasteiger partial charge in [-0.25, -0.2) is 17.7 Å². The molecule has 144 valence electrons. The fourth-order valence-corrected chi connectivity index (χ4v) is 4.81. The van der Waals surface area contributed by atoms with Gasteiger partial charge in [-0.05, 0) is 30.5 Å². The van der Waals surface area contributed by atoms with Crippen molar-refractivity contribution in [1.82, 2.24) is 14.2 Å². The van der Waals surface area contributed by atoms with Crippen molar-refractivity contribution in [3.8, 4) is 0 Å². The molecule has 0 radical (unpaired) electrons. The first kappa shape index (κ1) is 19.9. The van der Waals surface area contributed by atoms with E-state index >= 15 is 0 Å². The Bertz CT molecular complexity index is 878. The normalized spacial score (nSPS) is 15.9. The molecule has 1 aliphatic heterocycles. The molecule has 1 aromatic carbocycles. The van der Waals surface area contributed by atoms with Crippen LogP contribution in [-0.4, -0.2) is 55.7 Å². The Kier molecular flexibility index (Phi) is 6.18. The summed E-state index contributed by atoms with van der Waals surface area (Å²) in [7, 11) is -0.549. The number of likely N-dealkylation sites (tertiary alicyclic amines) is 1. The molecule has 0 saturated carbocycles. The molecule has 2 heterocycles. The number of benzene rings is 1. The number of amides is 1. The lowest BCUT2D eigenvalue weighted by molar-refractivity contribution is -0.129. The molecule has 0 N–H and O–H groups in total. The fraction of sp³-hybridized carbons (Fsp3) is 0.368. The highest BCUT2D eigenvalue weighted by atomic mass is 32.2. The van der Waals surface area contributed by atoms with Gasteiger partial charge in [0.25, 0.3) is 0 Å². The summed E-state index contributed by atoms with van der Waals surface area (Å²) < 4.78 is 25.5. The zero-order chi connectivity index (χ0) is 19.4. The summed E-state index contributed by atoms with van der Waals surface area (Å²) in [6.45, 7) is 1.58. The van der Waals surface area contributed by atoms with E-state index in [0.29, 0.717) is 5.03 Å². The largest absolute Gasteiger partial charge is 0.341 e. The van der Waals surface area contributed by atoms with E-state index in [4.69, 9.17) is 0 Å². The first-order chi connectivity index (χ1) is 12.9. The Morgan fingerprint density at radius 3 is 2.33 bits per heavy atom. The molecule has 0 unspecified atom stereocenters. The second-order valence-corrected chi connectivity index (χ2v) is 9.84. The van der Waals surface area contributed by atoms with Gasteiger partial charge in [0.05, 0.1) is 5.03 Å². The minimum atomic E-state index is -3.52. The third-order valence-electron chi connectivity index (χ3n) is 4.47. The molecule has 6 nitrogen and oxygen atoms in total. The third-order valence-corrected chi connectivity index (χ3v) is 7.46. The van der Waals surface area contributed by atoms with Gasteiger partial charge < -0.3 is 4.90 Å². The summed E-state index contributed by atoms with van der Waals surface area (Å²) in [6.07, 6.45) is 3.42. The minimum Gasteiger partial charge on any atom is -0.341 e. The molecule has 0 spiro atoms. The average Bonchev–Trinajstić information content (AvgIpc) is 3.21. The van der Waals surface area contributed by atoms with Gasteiger partial charge in [0.1, 0.15) is 10.1 Å². The molecule has 1 aliphatic rings. The standard InChI is InChI=1S/C19H23N3O3S2/c1-21(2)27(24,25)16-10-11-17(20-14-16)26-18(15-8-4-3-5-9-15)19(23)22-12-6-7-13-22/h3-5,8-11,14,18H,6-7,12-13H2,1-2H3/t18-/m1/s1. The van der Waals surface area contributed by atoms with Crippen LogP contribution in [0.1, 0.15) is 23.7 Å². The molecular weight excluding hydrogens is 382 g/mol. The lowest BCUT2D eigenvalue weighted by Gasteiger charge is -2.23. The monoisotopic (exact) mass is 405 g/mol. The molecule has 1 fully saturated rings. The van der Waals surface area contributed by atoms with E-state index in [1.807, 2.05) is 35.2 Å². The molecule has 0 bridgehead atoms. The first-order valence-corrected chi connectivity index (χ1v) is 11.1. The Morgan fingerprint density at radius 1 is 1.11 bits per heavy atom. The van der Waals surface area contributed by atoms with E-state index in [9.17, 15) is 13.2 Å². The number of hydrogen-bond acceptors (Lipinski definition) is 5. The van der Waals surface area contributed by atoms with Crippen LogP contribution in [-0.2, 0) is 14.8 Å². The van der Waals surface area contributed by atoms with E-state index in [0.717, 1.165) is 35.8 Å². The van der Waals surface area contributed by atoms with Crippen LogP contribution in [0.15, 0.2) is 58.6 Å². The molecule has 1 aromatic heterocycles. The topological polar surface area (TPSA) is 70.6 Å². The van der Waals surface area contributed by atoms with Crippen LogP contribution in [0.3, 0.4) is 0 Å². The number of aromatic nitrogens is 1. The fourth-order valence-electron chi connectivity index (χ4n) is 2.91. The molecule has 3 rings (SSSR count). The number of nitrogens with zero attached hydrogens (tertiary/aromatic N) is 3. The molecule has 2 aromatic rings. The summed E-state index contributed by atoms with van der Waals surface area (Å²) in [6, 6.07) is 12.8. The van der Waals surface area contributed by atoms with Gasteiger partial charge in [-0.15, -0.1) is 0 Å². The maximum atomic E-state index is 13.0. The maximum Gasteiger partial charge on any atom is 0.244 e. The number of rotatable bonds is 6. The number of thioether (sulfide) groups is 1. The van der Waals surface area contributed by atoms with Crippen LogP contribution in [0, 0.1) is 0 Å². The molecular formula is C19H23N3O3S2. The number of pyridine rings is 1. The van der Waals surface area contributed by atoms with E-state index in [1.54, 1.807) is 6.07 Å². The SMILES string of the molecule is CN(C)S(=O)(=O)c1ccc(S[C@@H](C(=O)N2CCCC2)c2ccccc2)nc1. The molecule has 1 atom stereocenters. The van der Waals surface area contributed by atoms with Crippen LogP contribution in [0.25, 0.3) is 0 Å². The number of hydrogen-bond donors (Lipinski definition) is 0. The smallest absolute Gasteiger partial charge is 0.244 e. The number of carbonyl (C=O) groups is 1. The van der Waals surface area contributed by atoms with Crippen molar-refractivity contribution in [2.24, 2.45) is 0 Å². The highest BCUT2D eigenvalue weighted by Gasteiger charge is 2.29. The zero-order valence-electron chi connectivity index (χ0n) is 15.4. The lowest BCUT2D eigenvalue weighted by Crippen LogP contribution is -2.31. The Balaban J connectivity index is 1.85. The molecule has 8 heteroatoms. The van der Waals surface area contributed by atoms with Crippen molar-refractivity contribution in [3.63, 3.8) is 0 Å². The van der Waals surface area contributed by atoms with Crippen LogP contribution >= 0.6 is 11.8 Å². The predicted molar refractivity (Wildman–Crippen MR) is 106 cm³/mol. The summed E-state index contributed by atoms with van der Waals surface area (Å²) in [5.74, 6) is 0.0792. The first-order valence-electron chi connectivity index (χ1n) is 8.78. The highest BCUT2D eigenvalue weighted by molar-refractivity contribution is 8.00. The summed E-state index contributed by atoms with van der Waals surface area (Å²) in [5, 5.41) is 0.224. The van der Waals surface area contributed by atoms with Gasteiger partial charge in [0.15, 0.2) is 0 Å². The van der Waals surface area contributed by atoms with E-state index in [1.165, 1.54) is 38.1 Å². The Hall–Kier alpha value is -1.90. The van der Waals surface area contributed by atoms with Crippen molar-refractivity contribution in [3.05, 3.63) is 54.2 Å². The van der Waals surface area contributed by atoms with Crippen molar-refractivity contribution in [1.29, 1.82) is 0 Å². The van der Waals surface area contributed by atoms with Gasteiger partial charge >= 0.3 is 0 Å². The van der Waals surface area contributed by atoms with Crippen molar-refractivity contribution >= 4 is 27.7 Å². The third kappa shape index (κ3) is 4.51. The predicted octanol–water partition coefficient (Wildman–Crippen LogP) is 2.79. The van der Waals surface area contributed by atoms with Crippen LogP contribution < -0.4 is 0 Å². The number of carbonyl (C=O) groups excluding carboxylic acids is 1. The van der Waals surface area contributed by atoms with Crippen molar-refractivity contribution in [2.45, 2.75) is 28.0 Å². The van der Waals surface area contributed by atoms with E-state index in [2.05, 4.69) is 4.98 Å². The molecule has 27 heavy (non-hydrogen) atoms. The quantitative estimate of drug-likeness (QED) is 0.691. The van der Waals surface area contributed by atoms with Gasteiger partial charge in [-0.3, -0.25) is 4.79 Å². The summed E-state index contributed by atoms with van der Waals surface area (Å²) in [4.78, 5) is 19.4. The molecule has 0 aliphatic carbocycles. The Labute approximate surface area is 164 Å². The van der Waals surface area contributed by atoms with Gasteiger partial charge in [0.2, 0.25) is 15.9 Å². The second-order valence-electron chi connectivity index (χ2n) is 6.56. The van der Waals surface area contributed by atoms with Gasteiger partial charge in [0, 0.05) is 33.4 Å². The zero-order valence-corrected chi connectivity index (χ0v) is 17.0. The van der Waals surface area contributed by atoms with Crippen LogP contribution in [0.4, 0.5) is 0 Å². The summed E-state index contributed by atoms with van der Waals surface area (Å²) >= 11 is 1.35. The van der Waals surface area contributed by atoms with Crippen molar-refractivity contribution < 1.29 is 13.2 Å². The molecule has 1 saturated heterocycles. The number of sulfonamides is 1. The van der Waals surface area contributed by atoms with Crippen LogP contribution in [0.5, 0.6) is 0 Å². The van der Waals surface area contributed by atoms with Crippen LogP contribution in [0.2, 0.25) is 0 Å². The van der Waals surface area contributed by atoms with E-state index < -0.39 is 15.3 Å². The molecule has 1 amide bonds. The average molecular weight is 406 g/mol. The maximum absolute atomic E-state index is 13.0.